The van der Waals surface area contributed by atoms with Crippen LogP contribution in [0.15, 0.2) is 60.9 Å². The number of halogens is 2. The van der Waals surface area contributed by atoms with Crippen molar-refractivity contribution < 1.29 is 4.39 Å². The van der Waals surface area contributed by atoms with Crippen LogP contribution >= 0.6 is 11.6 Å². The second kappa shape index (κ2) is 8.05. The van der Waals surface area contributed by atoms with Crippen molar-refractivity contribution >= 4 is 28.5 Å². The van der Waals surface area contributed by atoms with Gasteiger partial charge in [0.05, 0.1) is 5.39 Å². The lowest BCUT2D eigenvalue weighted by Crippen LogP contribution is -2.46. The Bertz CT molecular complexity index is 1150. The van der Waals surface area contributed by atoms with Crippen LogP contribution in [0, 0.1) is 5.82 Å². The molecule has 5 nitrogen and oxygen atoms in total. The number of aromatic amines is 1. The smallest absolute Gasteiger partial charge is 0.143 e. The fraction of sp³-hybridized carbons (Fsp3) is 0.217. The van der Waals surface area contributed by atoms with Gasteiger partial charge in [0.2, 0.25) is 0 Å². The van der Waals surface area contributed by atoms with E-state index in [1.54, 1.807) is 6.33 Å². The minimum atomic E-state index is -0.194. The molecule has 0 amide bonds. The molecule has 0 radical (unpaired) electrons. The molecule has 1 N–H and O–H groups in total. The third kappa shape index (κ3) is 3.88. The minimum absolute atomic E-state index is 0.194. The zero-order chi connectivity index (χ0) is 20.5. The maximum absolute atomic E-state index is 13.1. The summed E-state index contributed by atoms with van der Waals surface area (Å²) >= 11 is 6.01. The molecule has 152 valence electrons. The van der Waals surface area contributed by atoms with Crippen molar-refractivity contribution in [3.63, 3.8) is 0 Å². The Labute approximate surface area is 179 Å². The van der Waals surface area contributed by atoms with Gasteiger partial charge in [-0.2, -0.15) is 0 Å². The molecule has 0 atom stereocenters. The lowest BCUT2D eigenvalue weighted by atomic mass is 10.1. The van der Waals surface area contributed by atoms with E-state index in [0.29, 0.717) is 5.02 Å². The SMILES string of the molecule is Fc1ccc(CN2CCN(c3ncnc4[nH]c(-c5ccc(Cl)cc5)cc34)CC2)cc1. The molecule has 2 aromatic carbocycles. The van der Waals surface area contributed by atoms with E-state index < -0.39 is 0 Å². The monoisotopic (exact) mass is 421 g/mol. The molecule has 1 saturated heterocycles. The number of fused-ring (bicyclic) bond motifs is 1. The van der Waals surface area contributed by atoms with Crippen molar-refractivity contribution in [3.05, 3.63) is 77.3 Å². The van der Waals surface area contributed by atoms with Crippen LogP contribution in [0.2, 0.25) is 5.02 Å². The highest BCUT2D eigenvalue weighted by atomic mass is 35.5. The van der Waals surface area contributed by atoms with Gasteiger partial charge in [0.15, 0.2) is 0 Å². The molecule has 30 heavy (non-hydrogen) atoms. The number of aromatic nitrogens is 3. The van der Waals surface area contributed by atoms with Gasteiger partial charge in [0.1, 0.15) is 23.6 Å². The maximum atomic E-state index is 13.1. The van der Waals surface area contributed by atoms with Crippen molar-refractivity contribution in [2.24, 2.45) is 0 Å². The molecule has 0 bridgehead atoms. The molecule has 2 aromatic heterocycles. The average molecular weight is 422 g/mol. The predicted octanol–water partition coefficient (Wildman–Crippen LogP) is 4.74. The molecule has 1 aliphatic rings. The summed E-state index contributed by atoms with van der Waals surface area (Å²) in [5.74, 6) is 0.763. The number of hydrogen-bond donors (Lipinski definition) is 1. The Balaban J connectivity index is 1.33. The maximum Gasteiger partial charge on any atom is 0.143 e. The van der Waals surface area contributed by atoms with E-state index >= 15 is 0 Å². The van der Waals surface area contributed by atoms with Crippen molar-refractivity contribution in [2.45, 2.75) is 6.54 Å². The molecule has 3 heterocycles. The van der Waals surface area contributed by atoms with Crippen LogP contribution in [0.25, 0.3) is 22.3 Å². The number of H-pyrrole nitrogens is 1. The fourth-order valence-electron chi connectivity index (χ4n) is 3.93. The van der Waals surface area contributed by atoms with Crippen LogP contribution < -0.4 is 4.90 Å². The highest BCUT2D eigenvalue weighted by Crippen LogP contribution is 2.29. The summed E-state index contributed by atoms with van der Waals surface area (Å²) in [6.45, 7) is 4.45. The Hall–Kier alpha value is -2.96. The number of hydrogen-bond acceptors (Lipinski definition) is 4. The zero-order valence-corrected chi connectivity index (χ0v) is 17.1. The van der Waals surface area contributed by atoms with Gasteiger partial charge in [-0.1, -0.05) is 35.9 Å². The minimum Gasteiger partial charge on any atom is -0.353 e. The van der Waals surface area contributed by atoms with Crippen LogP contribution in [0.5, 0.6) is 0 Å². The highest BCUT2D eigenvalue weighted by molar-refractivity contribution is 6.30. The molecule has 1 fully saturated rings. The van der Waals surface area contributed by atoms with Gasteiger partial charge >= 0.3 is 0 Å². The number of benzene rings is 2. The number of piperazine rings is 1. The van der Waals surface area contributed by atoms with Crippen molar-refractivity contribution in [1.29, 1.82) is 0 Å². The Kier molecular flexibility index (Phi) is 5.11. The molecule has 0 spiro atoms. The van der Waals surface area contributed by atoms with E-state index in [-0.39, 0.29) is 5.82 Å². The highest BCUT2D eigenvalue weighted by Gasteiger charge is 2.21. The Morgan fingerprint density at radius 1 is 0.933 bits per heavy atom. The summed E-state index contributed by atoms with van der Waals surface area (Å²) in [4.78, 5) is 17.1. The summed E-state index contributed by atoms with van der Waals surface area (Å²) in [7, 11) is 0. The van der Waals surface area contributed by atoms with Crippen molar-refractivity contribution in [3.8, 4) is 11.3 Å². The standard InChI is InChI=1S/C23H21ClFN5/c24-18-5-3-17(4-6-18)21-13-20-22(28-21)26-15-27-23(20)30-11-9-29(10-12-30)14-16-1-7-19(25)8-2-16/h1-8,13,15H,9-12,14H2,(H,26,27,28). The summed E-state index contributed by atoms with van der Waals surface area (Å²) in [6.07, 6.45) is 1.62. The van der Waals surface area contributed by atoms with E-state index in [1.807, 2.05) is 36.4 Å². The largest absolute Gasteiger partial charge is 0.353 e. The molecular weight excluding hydrogens is 401 g/mol. The summed E-state index contributed by atoms with van der Waals surface area (Å²) < 4.78 is 13.1. The van der Waals surface area contributed by atoms with Gasteiger partial charge in [-0.15, -0.1) is 0 Å². The topological polar surface area (TPSA) is 48.1 Å². The van der Waals surface area contributed by atoms with E-state index in [9.17, 15) is 4.39 Å². The third-order valence-corrected chi connectivity index (χ3v) is 5.80. The van der Waals surface area contributed by atoms with E-state index in [1.165, 1.54) is 12.1 Å². The van der Waals surface area contributed by atoms with Gasteiger partial charge in [-0.05, 0) is 41.5 Å². The quantitative estimate of drug-likeness (QED) is 0.517. The van der Waals surface area contributed by atoms with Gasteiger partial charge in [-0.3, -0.25) is 4.90 Å². The lowest BCUT2D eigenvalue weighted by Gasteiger charge is -2.35. The predicted molar refractivity (Wildman–Crippen MR) is 118 cm³/mol. The Morgan fingerprint density at radius 3 is 2.40 bits per heavy atom. The molecule has 1 aliphatic heterocycles. The van der Waals surface area contributed by atoms with E-state index in [2.05, 4.69) is 30.8 Å². The number of nitrogens with one attached hydrogen (secondary N) is 1. The number of anilines is 1. The molecule has 0 saturated carbocycles. The van der Waals surface area contributed by atoms with Crippen LogP contribution in [0.3, 0.4) is 0 Å². The van der Waals surface area contributed by atoms with Crippen LogP contribution in [-0.2, 0) is 6.54 Å². The molecular formula is C23H21ClFN5. The van der Waals surface area contributed by atoms with Crippen molar-refractivity contribution in [1.82, 2.24) is 19.9 Å². The second-order valence-electron chi connectivity index (χ2n) is 7.54. The molecule has 4 aromatic rings. The molecule has 0 aliphatic carbocycles. The summed E-state index contributed by atoms with van der Waals surface area (Å²) in [5.41, 5.74) is 4.03. The van der Waals surface area contributed by atoms with Crippen molar-refractivity contribution in [2.75, 3.05) is 31.1 Å². The second-order valence-corrected chi connectivity index (χ2v) is 7.98. The Morgan fingerprint density at radius 2 is 1.67 bits per heavy atom. The average Bonchev–Trinajstić information content (AvgIpc) is 3.21. The van der Waals surface area contributed by atoms with Gasteiger partial charge in [-0.25, -0.2) is 14.4 Å². The summed E-state index contributed by atoms with van der Waals surface area (Å²) in [5, 5.41) is 1.74. The first-order valence-electron chi connectivity index (χ1n) is 9.97. The van der Waals surface area contributed by atoms with Gasteiger partial charge < -0.3 is 9.88 Å². The van der Waals surface area contributed by atoms with E-state index in [4.69, 9.17) is 11.6 Å². The lowest BCUT2D eigenvalue weighted by molar-refractivity contribution is 0.249. The zero-order valence-electron chi connectivity index (χ0n) is 16.4. The van der Waals surface area contributed by atoms with Gasteiger partial charge in [0.25, 0.3) is 0 Å². The first kappa shape index (κ1) is 19.0. The summed E-state index contributed by atoms with van der Waals surface area (Å²) in [6, 6.07) is 16.6. The number of nitrogens with zero attached hydrogens (tertiary/aromatic N) is 4. The fourth-order valence-corrected chi connectivity index (χ4v) is 4.06. The first-order valence-corrected chi connectivity index (χ1v) is 10.3. The third-order valence-electron chi connectivity index (χ3n) is 5.55. The first-order chi connectivity index (χ1) is 14.7. The van der Waals surface area contributed by atoms with E-state index in [0.717, 1.165) is 66.4 Å². The van der Waals surface area contributed by atoms with Crippen LogP contribution in [0.1, 0.15) is 5.56 Å². The molecule has 7 heteroatoms. The molecule has 0 unspecified atom stereocenters. The normalized spacial score (nSPS) is 15.1. The van der Waals surface area contributed by atoms with Crippen LogP contribution in [0.4, 0.5) is 10.2 Å². The number of rotatable bonds is 4. The van der Waals surface area contributed by atoms with Gasteiger partial charge in [0, 0.05) is 43.4 Å². The molecule has 5 rings (SSSR count). The van der Waals surface area contributed by atoms with Crippen LogP contribution in [-0.4, -0.2) is 46.0 Å².